The van der Waals surface area contributed by atoms with Crippen molar-refractivity contribution in [2.45, 2.75) is 55.9 Å². The number of likely N-dealkylation sites (tertiary alicyclic amines) is 1. The van der Waals surface area contributed by atoms with E-state index in [2.05, 4.69) is 5.32 Å². The molecule has 0 radical (unpaired) electrons. The summed E-state index contributed by atoms with van der Waals surface area (Å²) in [4.78, 5) is 25.5. The highest BCUT2D eigenvalue weighted by Crippen LogP contribution is 2.24. The fourth-order valence-corrected chi connectivity index (χ4v) is 3.36. The molecule has 0 saturated carbocycles. The van der Waals surface area contributed by atoms with Crippen molar-refractivity contribution in [2.75, 3.05) is 11.9 Å². The van der Waals surface area contributed by atoms with Crippen molar-refractivity contribution in [3.05, 3.63) is 24.3 Å². The van der Waals surface area contributed by atoms with Crippen molar-refractivity contribution in [3.8, 4) is 0 Å². The number of rotatable bonds is 4. The van der Waals surface area contributed by atoms with Crippen LogP contribution in [0.2, 0.25) is 0 Å². The average Bonchev–Trinajstić information content (AvgIpc) is 3.03. The van der Waals surface area contributed by atoms with Gasteiger partial charge in [-0.3, -0.25) is 9.69 Å². The van der Waals surface area contributed by atoms with E-state index >= 15 is 0 Å². The van der Waals surface area contributed by atoms with Crippen LogP contribution in [0.25, 0.3) is 0 Å². The van der Waals surface area contributed by atoms with Crippen LogP contribution < -0.4 is 5.32 Å². The molecule has 1 aromatic carbocycles. The SMILES string of the molecule is CC(C)(C)OC(=O)N1CCC[C@H]1C(=O)Nc1ccc(S(=O)(=O)C(F)F)cc1. The Labute approximate surface area is 156 Å². The molecule has 0 spiro atoms. The van der Waals surface area contributed by atoms with Crippen LogP contribution in [0.4, 0.5) is 19.3 Å². The van der Waals surface area contributed by atoms with E-state index in [-0.39, 0.29) is 5.69 Å². The Hall–Kier alpha value is -2.23. The summed E-state index contributed by atoms with van der Waals surface area (Å²) in [5, 5.41) is 2.57. The maximum atomic E-state index is 12.5. The topological polar surface area (TPSA) is 92.8 Å². The Morgan fingerprint density at radius 2 is 1.81 bits per heavy atom. The predicted molar refractivity (Wildman–Crippen MR) is 94.2 cm³/mol. The van der Waals surface area contributed by atoms with Crippen LogP contribution in [0, 0.1) is 0 Å². The van der Waals surface area contributed by atoms with E-state index in [1.807, 2.05) is 0 Å². The quantitative estimate of drug-likeness (QED) is 0.833. The average molecular weight is 404 g/mol. The second-order valence-corrected chi connectivity index (χ2v) is 9.07. The fourth-order valence-electron chi connectivity index (χ4n) is 2.63. The number of carbonyl (C=O) groups is 2. The van der Waals surface area contributed by atoms with Crippen molar-refractivity contribution in [1.29, 1.82) is 0 Å². The molecule has 1 saturated heterocycles. The molecule has 0 aliphatic carbocycles. The summed E-state index contributed by atoms with van der Waals surface area (Å²) in [5.41, 5.74) is -0.448. The minimum absolute atomic E-state index is 0.240. The summed E-state index contributed by atoms with van der Waals surface area (Å²) in [6.07, 6.45) is 0.518. The zero-order chi connectivity index (χ0) is 20.4. The fraction of sp³-hybridized carbons (Fsp3) is 0.529. The summed E-state index contributed by atoms with van der Waals surface area (Å²) >= 11 is 0. The van der Waals surface area contributed by atoms with Crippen molar-refractivity contribution >= 4 is 27.5 Å². The number of halogens is 2. The van der Waals surface area contributed by atoms with Gasteiger partial charge in [0, 0.05) is 12.2 Å². The molecule has 2 amide bonds. The van der Waals surface area contributed by atoms with Gasteiger partial charge in [-0.2, -0.15) is 8.78 Å². The van der Waals surface area contributed by atoms with E-state index in [4.69, 9.17) is 4.74 Å². The van der Waals surface area contributed by atoms with E-state index in [1.165, 1.54) is 17.0 Å². The molecule has 27 heavy (non-hydrogen) atoms. The number of carbonyl (C=O) groups excluding carboxylic acids is 2. The zero-order valence-corrected chi connectivity index (χ0v) is 16.1. The molecule has 1 atom stereocenters. The van der Waals surface area contributed by atoms with E-state index < -0.39 is 44.1 Å². The monoisotopic (exact) mass is 404 g/mol. The number of ether oxygens (including phenoxy) is 1. The minimum atomic E-state index is -4.69. The van der Waals surface area contributed by atoms with Crippen LogP contribution in [-0.4, -0.2) is 49.3 Å². The highest BCUT2D eigenvalue weighted by atomic mass is 32.2. The molecule has 1 aliphatic heterocycles. The Kier molecular flexibility index (Phi) is 6.08. The molecule has 1 aliphatic rings. The van der Waals surface area contributed by atoms with Crippen LogP contribution in [0.15, 0.2) is 29.2 Å². The molecule has 150 valence electrons. The Balaban J connectivity index is 2.07. The molecular formula is C17H22F2N2O5S. The number of anilines is 1. The van der Waals surface area contributed by atoms with Crippen LogP contribution in [0.3, 0.4) is 0 Å². The molecule has 2 rings (SSSR count). The van der Waals surface area contributed by atoms with Gasteiger partial charge < -0.3 is 10.1 Å². The largest absolute Gasteiger partial charge is 0.444 e. The van der Waals surface area contributed by atoms with Gasteiger partial charge in [-0.05, 0) is 57.9 Å². The smallest absolute Gasteiger partial charge is 0.410 e. The first-order valence-electron chi connectivity index (χ1n) is 8.34. The van der Waals surface area contributed by atoms with E-state index in [0.717, 1.165) is 12.1 Å². The molecular weight excluding hydrogens is 382 g/mol. The van der Waals surface area contributed by atoms with Gasteiger partial charge >= 0.3 is 11.9 Å². The van der Waals surface area contributed by atoms with Crippen LogP contribution >= 0.6 is 0 Å². The van der Waals surface area contributed by atoms with Gasteiger partial charge in [-0.1, -0.05) is 0 Å². The molecule has 0 unspecified atom stereocenters. The van der Waals surface area contributed by atoms with Crippen molar-refractivity contribution in [1.82, 2.24) is 4.90 Å². The normalized spacial score (nSPS) is 17.9. The number of hydrogen-bond acceptors (Lipinski definition) is 5. The Morgan fingerprint density at radius 1 is 1.22 bits per heavy atom. The Morgan fingerprint density at radius 3 is 2.33 bits per heavy atom. The molecule has 0 bridgehead atoms. The van der Waals surface area contributed by atoms with Gasteiger partial charge in [0.15, 0.2) is 0 Å². The van der Waals surface area contributed by atoms with Gasteiger partial charge in [0.05, 0.1) is 4.90 Å². The first-order chi connectivity index (χ1) is 12.4. The summed E-state index contributed by atoms with van der Waals surface area (Å²) in [7, 11) is -4.69. The number of sulfone groups is 1. The molecule has 0 aromatic heterocycles. The highest BCUT2D eigenvalue weighted by molar-refractivity contribution is 7.91. The van der Waals surface area contributed by atoms with Gasteiger partial charge in [-0.15, -0.1) is 0 Å². The number of benzene rings is 1. The third-order valence-corrected chi connectivity index (χ3v) is 5.27. The summed E-state index contributed by atoms with van der Waals surface area (Å²) in [5.74, 6) is -3.97. The highest BCUT2D eigenvalue weighted by Gasteiger charge is 2.36. The first-order valence-corrected chi connectivity index (χ1v) is 9.89. The molecule has 1 N–H and O–H groups in total. The molecule has 1 heterocycles. The standard InChI is InChI=1S/C17H22F2N2O5S/c1-17(2,3)26-16(23)21-10-4-5-13(21)14(22)20-11-6-8-12(9-7-11)27(24,25)15(18)19/h6-9,13,15H,4-5,10H2,1-3H3,(H,20,22)/t13-/m0/s1. The number of hydrogen-bond donors (Lipinski definition) is 1. The van der Waals surface area contributed by atoms with E-state index in [0.29, 0.717) is 19.4 Å². The van der Waals surface area contributed by atoms with Gasteiger partial charge in [0.25, 0.3) is 0 Å². The second-order valence-electron chi connectivity index (χ2n) is 7.15. The third-order valence-electron chi connectivity index (χ3n) is 3.87. The molecule has 7 nitrogen and oxygen atoms in total. The van der Waals surface area contributed by atoms with E-state index in [9.17, 15) is 26.8 Å². The Bertz CT molecular complexity index is 804. The van der Waals surface area contributed by atoms with Crippen molar-refractivity contribution < 1.29 is 31.5 Å². The number of nitrogens with zero attached hydrogens (tertiary/aromatic N) is 1. The number of alkyl halides is 2. The molecule has 1 aromatic rings. The predicted octanol–water partition coefficient (Wildman–Crippen LogP) is 3.02. The number of nitrogens with one attached hydrogen (secondary N) is 1. The minimum Gasteiger partial charge on any atom is -0.444 e. The van der Waals surface area contributed by atoms with Crippen LogP contribution in [-0.2, 0) is 19.4 Å². The summed E-state index contributed by atoms with van der Waals surface area (Å²) in [6.45, 7) is 5.57. The van der Waals surface area contributed by atoms with Gasteiger partial charge in [0.2, 0.25) is 15.7 Å². The van der Waals surface area contributed by atoms with E-state index in [1.54, 1.807) is 20.8 Å². The lowest BCUT2D eigenvalue weighted by Gasteiger charge is -2.28. The van der Waals surface area contributed by atoms with Crippen LogP contribution in [0.5, 0.6) is 0 Å². The van der Waals surface area contributed by atoms with Gasteiger partial charge in [-0.25, -0.2) is 13.2 Å². The number of amides is 2. The summed E-state index contributed by atoms with van der Waals surface area (Å²) in [6, 6.07) is 3.72. The third kappa shape index (κ3) is 5.15. The first kappa shape index (κ1) is 21.1. The molecule has 1 fully saturated rings. The summed E-state index contributed by atoms with van der Waals surface area (Å²) < 4.78 is 53.2. The van der Waals surface area contributed by atoms with Crippen molar-refractivity contribution in [2.24, 2.45) is 0 Å². The zero-order valence-electron chi connectivity index (χ0n) is 15.2. The van der Waals surface area contributed by atoms with Crippen LogP contribution in [0.1, 0.15) is 33.6 Å². The lowest BCUT2D eigenvalue weighted by Crippen LogP contribution is -2.45. The second kappa shape index (κ2) is 7.79. The molecule has 10 heteroatoms. The lowest BCUT2D eigenvalue weighted by atomic mass is 10.2. The maximum absolute atomic E-state index is 12.5. The van der Waals surface area contributed by atoms with Gasteiger partial charge in [0.1, 0.15) is 11.6 Å². The van der Waals surface area contributed by atoms with Crippen molar-refractivity contribution in [3.63, 3.8) is 0 Å². The maximum Gasteiger partial charge on any atom is 0.410 e. The lowest BCUT2D eigenvalue weighted by molar-refractivity contribution is -0.120.